The van der Waals surface area contributed by atoms with Crippen LogP contribution in [0.1, 0.15) is 10.4 Å². The molecule has 0 saturated heterocycles. The monoisotopic (exact) mass is 417 g/mol. The van der Waals surface area contributed by atoms with Gasteiger partial charge in [-0.1, -0.05) is 61.2 Å². The molecule has 0 saturated carbocycles. The van der Waals surface area contributed by atoms with Gasteiger partial charge in [-0.15, -0.1) is 0 Å². The predicted molar refractivity (Wildman–Crippen MR) is 119 cm³/mol. The summed E-state index contributed by atoms with van der Waals surface area (Å²) in [5.74, 6) is -0.207. The molecule has 6 heteroatoms. The number of para-hydroxylation sites is 1. The summed E-state index contributed by atoms with van der Waals surface area (Å²) in [6.45, 7) is 3.49. The molecule has 0 aromatic heterocycles. The topological polar surface area (TPSA) is 73.9 Å². The number of hydrogen-bond acceptors (Lipinski definition) is 5. The Labute approximate surface area is 181 Å². The lowest BCUT2D eigenvalue weighted by Crippen LogP contribution is -2.21. The number of esters is 1. The van der Waals surface area contributed by atoms with Gasteiger partial charge in [0.05, 0.1) is 12.7 Å². The van der Waals surface area contributed by atoms with Crippen molar-refractivity contribution in [2.24, 2.45) is 0 Å². The van der Waals surface area contributed by atoms with Crippen molar-refractivity contribution in [1.29, 1.82) is 0 Å². The van der Waals surface area contributed by atoms with Crippen molar-refractivity contribution in [3.63, 3.8) is 0 Å². The molecular formula is C25H23NO5. The predicted octanol–water partition coefficient (Wildman–Crippen LogP) is 4.72. The summed E-state index contributed by atoms with van der Waals surface area (Å²) in [6.07, 6.45) is 1.61. The number of methoxy groups -OCH3 is 1. The molecule has 0 fully saturated rings. The highest BCUT2D eigenvalue weighted by Gasteiger charge is 2.15. The molecule has 31 heavy (non-hydrogen) atoms. The van der Waals surface area contributed by atoms with Gasteiger partial charge in [-0.25, -0.2) is 4.79 Å². The molecule has 3 aromatic rings. The van der Waals surface area contributed by atoms with E-state index in [0.29, 0.717) is 23.8 Å². The van der Waals surface area contributed by atoms with Crippen LogP contribution in [0.4, 0.5) is 5.69 Å². The highest BCUT2D eigenvalue weighted by Crippen LogP contribution is 2.29. The third-order valence-corrected chi connectivity index (χ3v) is 4.38. The van der Waals surface area contributed by atoms with Crippen molar-refractivity contribution in [3.05, 3.63) is 91.0 Å². The lowest BCUT2D eigenvalue weighted by Gasteiger charge is -2.12. The van der Waals surface area contributed by atoms with Gasteiger partial charge < -0.3 is 19.5 Å². The number of anilines is 1. The van der Waals surface area contributed by atoms with Crippen molar-refractivity contribution in [2.45, 2.75) is 0 Å². The Hall–Kier alpha value is -4.06. The van der Waals surface area contributed by atoms with Gasteiger partial charge in [0.15, 0.2) is 18.1 Å². The fourth-order valence-electron chi connectivity index (χ4n) is 2.92. The summed E-state index contributed by atoms with van der Waals surface area (Å²) in [6, 6.07) is 21.8. The Balaban J connectivity index is 1.63. The fourth-order valence-corrected chi connectivity index (χ4v) is 2.92. The van der Waals surface area contributed by atoms with E-state index >= 15 is 0 Å². The van der Waals surface area contributed by atoms with Crippen molar-refractivity contribution >= 4 is 17.6 Å². The second-order valence-corrected chi connectivity index (χ2v) is 6.50. The second-order valence-electron chi connectivity index (χ2n) is 6.50. The third-order valence-electron chi connectivity index (χ3n) is 4.38. The van der Waals surface area contributed by atoms with Gasteiger partial charge >= 0.3 is 5.97 Å². The Morgan fingerprint density at radius 2 is 1.71 bits per heavy atom. The van der Waals surface area contributed by atoms with Gasteiger partial charge in [-0.3, -0.25) is 4.79 Å². The summed E-state index contributed by atoms with van der Waals surface area (Å²) in [5.41, 5.74) is 2.74. The van der Waals surface area contributed by atoms with Crippen LogP contribution in [0.2, 0.25) is 0 Å². The van der Waals surface area contributed by atoms with Gasteiger partial charge in [0.25, 0.3) is 5.91 Å². The van der Waals surface area contributed by atoms with Gasteiger partial charge in [-0.2, -0.15) is 0 Å². The van der Waals surface area contributed by atoms with Crippen LogP contribution in [0.15, 0.2) is 85.5 Å². The van der Waals surface area contributed by atoms with E-state index in [1.165, 1.54) is 13.2 Å². The summed E-state index contributed by atoms with van der Waals surface area (Å²) < 4.78 is 15.9. The van der Waals surface area contributed by atoms with Gasteiger partial charge in [0.2, 0.25) is 0 Å². The largest absolute Gasteiger partial charge is 0.493 e. The molecule has 6 nitrogen and oxygen atoms in total. The number of carbonyl (C=O) groups excluding carboxylic acids is 2. The SMILES string of the molecule is C=CCOc1ccc(C(=O)OCC(=O)Nc2ccccc2-c2ccccc2)cc1OC. The van der Waals surface area contributed by atoms with E-state index in [9.17, 15) is 9.59 Å². The minimum atomic E-state index is -0.639. The third kappa shape index (κ3) is 5.73. The lowest BCUT2D eigenvalue weighted by molar-refractivity contribution is -0.119. The number of carbonyl (C=O) groups is 2. The number of ether oxygens (including phenoxy) is 3. The van der Waals surface area contributed by atoms with Crippen LogP contribution in [0.25, 0.3) is 11.1 Å². The van der Waals surface area contributed by atoms with Crippen LogP contribution in [0, 0.1) is 0 Å². The maximum absolute atomic E-state index is 12.4. The van der Waals surface area contributed by atoms with Crippen LogP contribution < -0.4 is 14.8 Å². The minimum absolute atomic E-state index is 0.250. The van der Waals surface area contributed by atoms with E-state index in [1.807, 2.05) is 48.5 Å². The van der Waals surface area contributed by atoms with E-state index in [4.69, 9.17) is 14.2 Å². The molecule has 0 aliphatic rings. The zero-order chi connectivity index (χ0) is 22.1. The average molecular weight is 417 g/mol. The molecule has 1 N–H and O–H groups in total. The summed E-state index contributed by atoms with van der Waals surface area (Å²) in [5, 5.41) is 2.80. The van der Waals surface area contributed by atoms with E-state index in [0.717, 1.165) is 11.1 Å². The molecule has 3 aromatic carbocycles. The smallest absolute Gasteiger partial charge is 0.338 e. The lowest BCUT2D eigenvalue weighted by atomic mass is 10.0. The van der Waals surface area contributed by atoms with E-state index < -0.39 is 18.5 Å². The average Bonchev–Trinajstić information content (AvgIpc) is 2.82. The van der Waals surface area contributed by atoms with Crippen molar-refractivity contribution < 1.29 is 23.8 Å². The normalized spacial score (nSPS) is 10.1. The van der Waals surface area contributed by atoms with Crippen molar-refractivity contribution in [1.82, 2.24) is 0 Å². The van der Waals surface area contributed by atoms with Gasteiger partial charge in [-0.05, 0) is 29.8 Å². The molecule has 0 unspecified atom stereocenters. The molecule has 1 amide bonds. The van der Waals surface area contributed by atoms with Crippen LogP contribution >= 0.6 is 0 Å². The molecule has 0 radical (unpaired) electrons. The molecule has 0 aliphatic heterocycles. The standard InChI is InChI=1S/C25H23NO5/c1-3-15-30-22-14-13-19(16-23(22)29-2)25(28)31-17-24(27)26-21-12-8-7-11-20(21)18-9-5-4-6-10-18/h3-14,16H,1,15,17H2,2H3,(H,26,27). The number of nitrogens with one attached hydrogen (secondary N) is 1. The zero-order valence-electron chi connectivity index (χ0n) is 17.2. The number of hydrogen-bond donors (Lipinski definition) is 1. The molecule has 0 bridgehead atoms. The number of amides is 1. The summed E-state index contributed by atoms with van der Waals surface area (Å²) >= 11 is 0. The minimum Gasteiger partial charge on any atom is -0.493 e. The molecule has 3 rings (SSSR count). The molecule has 0 atom stereocenters. The summed E-state index contributed by atoms with van der Waals surface area (Å²) in [7, 11) is 1.48. The van der Waals surface area contributed by atoms with Crippen molar-refractivity contribution in [2.75, 3.05) is 25.6 Å². The summed E-state index contributed by atoms with van der Waals surface area (Å²) in [4.78, 5) is 24.8. The zero-order valence-corrected chi connectivity index (χ0v) is 17.2. The second kappa shape index (κ2) is 10.6. The van der Waals surface area contributed by atoms with Gasteiger partial charge in [0.1, 0.15) is 6.61 Å². The van der Waals surface area contributed by atoms with Crippen LogP contribution in [-0.4, -0.2) is 32.2 Å². The Morgan fingerprint density at radius 1 is 0.968 bits per heavy atom. The number of benzene rings is 3. The quantitative estimate of drug-likeness (QED) is 0.403. The van der Waals surface area contributed by atoms with Crippen LogP contribution in [-0.2, 0) is 9.53 Å². The van der Waals surface area contributed by atoms with Crippen LogP contribution in [0.5, 0.6) is 11.5 Å². The first-order valence-corrected chi connectivity index (χ1v) is 9.65. The van der Waals surface area contributed by atoms with Crippen LogP contribution in [0.3, 0.4) is 0 Å². The highest BCUT2D eigenvalue weighted by molar-refractivity contribution is 5.98. The first-order chi connectivity index (χ1) is 15.1. The Bertz CT molecular complexity index is 1060. The molecule has 0 heterocycles. The Kier molecular flexibility index (Phi) is 7.43. The van der Waals surface area contributed by atoms with Crippen molar-refractivity contribution in [3.8, 4) is 22.6 Å². The highest BCUT2D eigenvalue weighted by atomic mass is 16.5. The molecule has 0 aliphatic carbocycles. The van der Waals surface area contributed by atoms with E-state index in [-0.39, 0.29) is 5.56 Å². The molecule has 158 valence electrons. The number of rotatable bonds is 9. The van der Waals surface area contributed by atoms with E-state index in [1.54, 1.807) is 24.3 Å². The maximum Gasteiger partial charge on any atom is 0.338 e. The first-order valence-electron chi connectivity index (χ1n) is 9.65. The first kappa shape index (κ1) is 21.6. The molecule has 0 spiro atoms. The maximum atomic E-state index is 12.4. The van der Waals surface area contributed by atoms with E-state index in [2.05, 4.69) is 11.9 Å². The molecular weight excluding hydrogens is 394 g/mol. The van der Waals surface area contributed by atoms with Gasteiger partial charge in [0, 0.05) is 11.3 Å². The Morgan fingerprint density at radius 3 is 2.45 bits per heavy atom. The fraction of sp³-hybridized carbons (Fsp3) is 0.120.